The summed E-state index contributed by atoms with van der Waals surface area (Å²) < 4.78 is 0. The standard InChI is InChI=1S/C23H32N4O/c1-15(16-6-7-16)19-20(24-3)23(2)9-10-25-14-17-18(26-11-4-5-12-26)8-13-27(21(17)23)22(19)28/h9-10,16,18,25H,4-8,11-14H2,1-3H3/b19-15-,24-20?. The van der Waals surface area contributed by atoms with Gasteiger partial charge in [-0.1, -0.05) is 11.6 Å². The highest BCUT2D eigenvalue weighted by Gasteiger charge is 2.52. The van der Waals surface area contributed by atoms with Gasteiger partial charge in [-0.15, -0.1) is 0 Å². The summed E-state index contributed by atoms with van der Waals surface area (Å²) >= 11 is 0. The van der Waals surface area contributed by atoms with Crippen LogP contribution in [0.1, 0.15) is 46.0 Å². The first-order valence-corrected chi connectivity index (χ1v) is 10.9. The molecule has 5 rings (SSSR count). The van der Waals surface area contributed by atoms with Crippen molar-refractivity contribution in [1.29, 1.82) is 0 Å². The summed E-state index contributed by atoms with van der Waals surface area (Å²) in [7, 11) is 1.86. The van der Waals surface area contributed by atoms with Gasteiger partial charge < -0.3 is 10.2 Å². The van der Waals surface area contributed by atoms with E-state index in [2.05, 4.69) is 41.2 Å². The second kappa shape index (κ2) is 6.58. The number of nitrogens with zero attached hydrogens (tertiary/aromatic N) is 3. The normalized spacial score (nSPS) is 36.5. The van der Waals surface area contributed by atoms with Crippen molar-refractivity contribution in [2.75, 3.05) is 33.2 Å². The Kier molecular flexibility index (Phi) is 4.27. The molecule has 0 aromatic carbocycles. The van der Waals surface area contributed by atoms with E-state index in [1.807, 2.05) is 7.05 Å². The SMILES string of the molecule is CN=C1/C(=C(\C)C2CC2)C(=O)N2CCC(N3CCCC3)C3=C2C1(C)C=CNC3. The third-order valence-electron chi connectivity index (χ3n) is 7.50. The van der Waals surface area contributed by atoms with Crippen LogP contribution in [0.3, 0.4) is 0 Å². The van der Waals surface area contributed by atoms with Crippen LogP contribution < -0.4 is 5.32 Å². The summed E-state index contributed by atoms with van der Waals surface area (Å²) in [6, 6.07) is 0.446. The average molecular weight is 381 g/mol. The van der Waals surface area contributed by atoms with Crippen molar-refractivity contribution in [3.8, 4) is 0 Å². The first kappa shape index (κ1) is 18.2. The minimum absolute atomic E-state index is 0.185. The van der Waals surface area contributed by atoms with Gasteiger partial charge in [0.2, 0.25) is 0 Å². The molecule has 5 aliphatic rings. The van der Waals surface area contributed by atoms with E-state index in [0.29, 0.717) is 12.0 Å². The number of hydrogen-bond donors (Lipinski definition) is 1. The Morgan fingerprint density at radius 2 is 1.96 bits per heavy atom. The zero-order valence-corrected chi connectivity index (χ0v) is 17.4. The maximum Gasteiger partial charge on any atom is 0.259 e. The van der Waals surface area contributed by atoms with E-state index in [9.17, 15) is 4.79 Å². The fourth-order valence-corrected chi connectivity index (χ4v) is 5.92. The molecule has 4 aliphatic heterocycles. The number of carbonyl (C=O) groups excluding carboxylic acids is 1. The average Bonchev–Trinajstić information content (AvgIpc) is 3.44. The van der Waals surface area contributed by atoms with E-state index in [-0.39, 0.29) is 11.3 Å². The van der Waals surface area contributed by atoms with Crippen LogP contribution in [0.5, 0.6) is 0 Å². The minimum Gasteiger partial charge on any atom is -0.387 e. The quantitative estimate of drug-likeness (QED) is 0.750. The van der Waals surface area contributed by atoms with Crippen LogP contribution in [0.25, 0.3) is 0 Å². The fraction of sp³-hybridized carbons (Fsp3) is 0.652. The first-order valence-electron chi connectivity index (χ1n) is 10.9. The number of amides is 1. The fourth-order valence-electron chi connectivity index (χ4n) is 5.92. The number of rotatable bonds is 2. The molecular weight excluding hydrogens is 348 g/mol. The van der Waals surface area contributed by atoms with Crippen LogP contribution in [0.4, 0.5) is 0 Å². The van der Waals surface area contributed by atoms with E-state index in [0.717, 1.165) is 30.8 Å². The van der Waals surface area contributed by atoms with Crippen molar-refractivity contribution < 1.29 is 4.79 Å². The summed E-state index contributed by atoms with van der Waals surface area (Å²) in [4.78, 5) is 23.2. The topological polar surface area (TPSA) is 47.9 Å². The second-order valence-corrected chi connectivity index (χ2v) is 9.20. The molecule has 0 radical (unpaired) electrons. The van der Waals surface area contributed by atoms with Gasteiger partial charge in [-0.05, 0) is 76.7 Å². The molecule has 1 saturated carbocycles. The Morgan fingerprint density at radius 1 is 1.21 bits per heavy atom. The van der Waals surface area contributed by atoms with Gasteiger partial charge in [0.1, 0.15) is 0 Å². The minimum atomic E-state index is -0.342. The van der Waals surface area contributed by atoms with Crippen LogP contribution in [0.2, 0.25) is 0 Å². The van der Waals surface area contributed by atoms with Crippen molar-refractivity contribution in [2.45, 2.75) is 52.0 Å². The number of carbonyl (C=O) groups is 1. The zero-order chi connectivity index (χ0) is 19.5. The summed E-state index contributed by atoms with van der Waals surface area (Å²) in [6.45, 7) is 8.43. The third-order valence-corrected chi connectivity index (χ3v) is 7.50. The predicted molar refractivity (Wildman–Crippen MR) is 112 cm³/mol. The smallest absolute Gasteiger partial charge is 0.259 e. The molecule has 0 aromatic heterocycles. The van der Waals surface area contributed by atoms with Crippen LogP contribution in [0.15, 0.2) is 39.7 Å². The highest BCUT2D eigenvalue weighted by Crippen LogP contribution is 2.49. The van der Waals surface area contributed by atoms with Gasteiger partial charge in [0.15, 0.2) is 0 Å². The maximum atomic E-state index is 13.7. The molecule has 1 amide bonds. The largest absolute Gasteiger partial charge is 0.387 e. The highest BCUT2D eigenvalue weighted by molar-refractivity contribution is 6.28. The molecule has 0 spiro atoms. The molecule has 28 heavy (non-hydrogen) atoms. The Balaban J connectivity index is 1.69. The Bertz CT molecular complexity index is 826. The van der Waals surface area contributed by atoms with Crippen molar-refractivity contribution in [2.24, 2.45) is 16.3 Å². The summed E-state index contributed by atoms with van der Waals surface area (Å²) in [5.74, 6) is 0.754. The first-order chi connectivity index (χ1) is 13.6. The molecule has 2 atom stereocenters. The highest BCUT2D eigenvalue weighted by atomic mass is 16.2. The van der Waals surface area contributed by atoms with Crippen molar-refractivity contribution in [3.63, 3.8) is 0 Å². The van der Waals surface area contributed by atoms with Gasteiger partial charge in [0, 0.05) is 31.9 Å². The second-order valence-electron chi connectivity index (χ2n) is 9.20. The molecule has 3 fully saturated rings. The van der Waals surface area contributed by atoms with Crippen LogP contribution in [-0.4, -0.2) is 60.7 Å². The molecule has 5 heteroatoms. The van der Waals surface area contributed by atoms with Gasteiger partial charge in [-0.2, -0.15) is 0 Å². The summed E-state index contributed by atoms with van der Waals surface area (Å²) in [5.41, 5.74) is 5.37. The molecule has 1 N–H and O–H groups in total. The number of piperidine rings is 1. The molecular formula is C23H32N4O. The van der Waals surface area contributed by atoms with Gasteiger partial charge in [0.05, 0.1) is 16.7 Å². The molecule has 4 heterocycles. The van der Waals surface area contributed by atoms with E-state index in [4.69, 9.17) is 4.99 Å². The molecule has 0 aromatic rings. The third kappa shape index (κ3) is 2.55. The van der Waals surface area contributed by atoms with Gasteiger partial charge in [0.25, 0.3) is 5.91 Å². The lowest BCUT2D eigenvalue weighted by Gasteiger charge is -2.49. The van der Waals surface area contributed by atoms with E-state index >= 15 is 0 Å². The molecule has 2 saturated heterocycles. The zero-order valence-electron chi connectivity index (χ0n) is 17.4. The van der Waals surface area contributed by atoms with Crippen LogP contribution >= 0.6 is 0 Å². The lowest BCUT2D eigenvalue weighted by atomic mass is 9.69. The number of allylic oxidation sites excluding steroid dienone is 2. The Hall–Kier alpha value is -1.88. The number of likely N-dealkylation sites (tertiary alicyclic amines) is 1. The molecule has 5 nitrogen and oxygen atoms in total. The number of hydrogen-bond acceptors (Lipinski definition) is 4. The van der Waals surface area contributed by atoms with Gasteiger partial charge in [-0.3, -0.25) is 14.7 Å². The van der Waals surface area contributed by atoms with Gasteiger partial charge >= 0.3 is 0 Å². The summed E-state index contributed by atoms with van der Waals surface area (Å²) in [5, 5.41) is 3.50. The summed E-state index contributed by atoms with van der Waals surface area (Å²) in [6.07, 6.45) is 10.4. The van der Waals surface area contributed by atoms with Crippen LogP contribution in [0, 0.1) is 11.3 Å². The van der Waals surface area contributed by atoms with E-state index < -0.39 is 0 Å². The maximum absolute atomic E-state index is 13.7. The molecule has 150 valence electrons. The monoisotopic (exact) mass is 380 g/mol. The van der Waals surface area contributed by atoms with Crippen LogP contribution in [-0.2, 0) is 4.79 Å². The number of aliphatic imine (C=N–C) groups is 1. The predicted octanol–water partition coefficient (Wildman–Crippen LogP) is 2.87. The molecule has 2 unspecified atom stereocenters. The Labute approximate surface area is 168 Å². The lowest BCUT2D eigenvalue weighted by molar-refractivity contribution is -0.126. The molecule has 0 bridgehead atoms. The lowest BCUT2D eigenvalue weighted by Crippen LogP contribution is -2.56. The van der Waals surface area contributed by atoms with E-state index in [1.165, 1.54) is 55.6 Å². The number of nitrogens with one attached hydrogen (secondary N) is 1. The Morgan fingerprint density at radius 3 is 2.64 bits per heavy atom. The van der Waals surface area contributed by atoms with Crippen molar-refractivity contribution >= 4 is 11.6 Å². The van der Waals surface area contributed by atoms with Crippen molar-refractivity contribution in [3.05, 3.63) is 34.7 Å². The molecule has 1 aliphatic carbocycles. The van der Waals surface area contributed by atoms with Crippen molar-refractivity contribution in [1.82, 2.24) is 15.1 Å². The van der Waals surface area contributed by atoms with E-state index in [1.54, 1.807) is 0 Å². The van der Waals surface area contributed by atoms with Gasteiger partial charge in [-0.25, -0.2) is 0 Å².